The number of hydrogen-bond donors (Lipinski definition) is 3. The Bertz CT molecular complexity index is 641. The van der Waals surface area contributed by atoms with Gasteiger partial charge in [0, 0.05) is 26.2 Å². The zero-order chi connectivity index (χ0) is 20.9. The third kappa shape index (κ3) is 10.4. The molecule has 0 aromatic heterocycles. The highest BCUT2D eigenvalue weighted by Crippen LogP contribution is 2.27. The number of rotatable bonds is 10. The lowest BCUT2D eigenvalue weighted by atomic mass is 10.0. The van der Waals surface area contributed by atoms with Crippen LogP contribution in [0.1, 0.15) is 32.8 Å². The quantitative estimate of drug-likeness (QED) is 0.249. The van der Waals surface area contributed by atoms with Crippen molar-refractivity contribution in [1.29, 1.82) is 0 Å². The summed E-state index contributed by atoms with van der Waals surface area (Å²) in [5, 5.41) is 9.41. The SMILES string of the molecule is CCOC(=O)NC(CNC(=NC)NCc1ccc(OC)c(OC)c1)CC(C)C.I. The largest absolute Gasteiger partial charge is 0.493 e. The van der Waals surface area contributed by atoms with Gasteiger partial charge in [0.25, 0.3) is 0 Å². The van der Waals surface area contributed by atoms with Crippen molar-refractivity contribution in [2.75, 3.05) is 34.4 Å². The van der Waals surface area contributed by atoms with Crippen LogP contribution in [0.2, 0.25) is 0 Å². The minimum atomic E-state index is -0.400. The van der Waals surface area contributed by atoms with Gasteiger partial charge in [0.2, 0.25) is 0 Å². The first-order valence-corrected chi connectivity index (χ1v) is 9.52. The van der Waals surface area contributed by atoms with E-state index in [2.05, 4.69) is 34.8 Å². The van der Waals surface area contributed by atoms with Crippen molar-refractivity contribution in [3.8, 4) is 11.5 Å². The van der Waals surface area contributed by atoms with Gasteiger partial charge in [-0.1, -0.05) is 19.9 Å². The van der Waals surface area contributed by atoms with E-state index in [1.54, 1.807) is 28.2 Å². The molecular formula is C20H35IN4O4. The summed E-state index contributed by atoms with van der Waals surface area (Å²) in [7, 11) is 4.93. The Morgan fingerprint density at radius 1 is 1.14 bits per heavy atom. The molecule has 1 aromatic rings. The predicted octanol–water partition coefficient (Wildman–Crippen LogP) is 3.15. The van der Waals surface area contributed by atoms with Gasteiger partial charge in [0.05, 0.1) is 20.8 Å². The molecule has 0 aliphatic heterocycles. The lowest BCUT2D eigenvalue weighted by Gasteiger charge is -2.22. The molecule has 0 saturated carbocycles. The monoisotopic (exact) mass is 522 g/mol. The molecule has 1 aromatic carbocycles. The summed E-state index contributed by atoms with van der Waals surface area (Å²) < 4.78 is 15.6. The van der Waals surface area contributed by atoms with Crippen LogP contribution in [0.3, 0.4) is 0 Å². The van der Waals surface area contributed by atoms with Gasteiger partial charge >= 0.3 is 6.09 Å². The first-order chi connectivity index (χ1) is 13.4. The number of halogens is 1. The number of hydrogen-bond acceptors (Lipinski definition) is 5. The molecule has 3 N–H and O–H groups in total. The molecule has 0 bridgehead atoms. The van der Waals surface area contributed by atoms with Crippen molar-refractivity contribution in [3.05, 3.63) is 23.8 Å². The predicted molar refractivity (Wildman–Crippen MR) is 127 cm³/mol. The van der Waals surface area contributed by atoms with Gasteiger partial charge < -0.3 is 30.2 Å². The Morgan fingerprint density at radius 3 is 2.38 bits per heavy atom. The van der Waals surface area contributed by atoms with Gasteiger partial charge in [-0.15, -0.1) is 24.0 Å². The fourth-order valence-corrected chi connectivity index (χ4v) is 2.72. The summed E-state index contributed by atoms with van der Waals surface area (Å²) in [5.74, 6) is 2.46. The number of carbonyl (C=O) groups excluding carboxylic acids is 1. The zero-order valence-corrected chi connectivity index (χ0v) is 20.5. The van der Waals surface area contributed by atoms with E-state index in [1.165, 1.54) is 0 Å². The van der Waals surface area contributed by atoms with Crippen molar-refractivity contribution in [2.45, 2.75) is 39.8 Å². The fourth-order valence-electron chi connectivity index (χ4n) is 2.72. The summed E-state index contributed by atoms with van der Waals surface area (Å²) in [6, 6.07) is 5.70. The molecule has 8 nitrogen and oxygen atoms in total. The highest BCUT2D eigenvalue weighted by Gasteiger charge is 2.15. The van der Waals surface area contributed by atoms with Crippen LogP contribution in [0.25, 0.3) is 0 Å². The van der Waals surface area contributed by atoms with Crippen molar-refractivity contribution in [3.63, 3.8) is 0 Å². The molecule has 166 valence electrons. The number of guanidine groups is 1. The molecule has 9 heteroatoms. The number of methoxy groups -OCH3 is 2. The van der Waals surface area contributed by atoms with Crippen molar-refractivity contribution in [2.24, 2.45) is 10.9 Å². The Kier molecular flexibility index (Phi) is 14.0. The van der Waals surface area contributed by atoms with Crippen LogP contribution in [0.15, 0.2) is 23.2 Å². The number of carbonyl (C=O) groups is 1. The number of ether oxygens (including phenoxy) is 3. The van der Waals surface area contributed by atoms with Crippen LogP contribution in [0.5, 0.6) is 11.5 Å². The van der Waals surface area contributed by atoms with E-state index in [0.717, 1.165) is 12.0 Å². The van der Waals surface area contributed by atoms with Crippen LogP contribution >= 0.6 is 24.0 Å². The van der Waals surface area contributed by atoms with E-state index >= 15 is 0 Å². The van der Waals surface area contributed by atoms with Crippen LogP contribution in [-0.2, 0) is 11.3 Å². The van der Waals surface area contributed by atoms with Gasteiger partial charge in [-0.25, -0.2) is 4.79 Å². The zero-order valence-electron chi connectivity index (χ0n) is 18.2. The standard InChI is InChI=1S/C20H34N4O4.HI/c1-7-28-20(25)24-16(10-14(2)3)13-23-19(21-4)22-12-15-8-9-17(26-5)18(11-15)27-6;/h8-9,11,14,16H,7,10,12-13H2,1-6H3,(H,24,25)(H2,21,22,23);1H. The van der Waals surface area contributed by atoms with E-state index in [1.807, 2.05) is 18.2 Å². The minimum Gasteiger partial charge on any atom is -0.493 e. The van der Waals surface area contributed by atoms with Crippen LogP contribution < -0.4 is 25.4 Å². The molecule has 1 unspecified atom stereocenters. The molecule has 0 radical (unpaired) electrons. The highest BCUT2D eigenvalue weighted by atomic mass is 127. The summed E-state index contributed by atoms with van der Waals surface area (Å²) in [5.41, 5.74) is 1.03. The van der Waals surface area contributed by atoms with Crippen LogP contribution in [0, 0.1) is 5.92 Å². The lowest BCUT2D eigenvalue weighted by molar-refractivity contribution is 0.146. The molecule has 0 saturated heterocycles. The maximum atomic E-state index is 11.7. The second-order valence-corrected chi connectivity index (χ2v) is 6.69. The van der Waals surface area contributed by atoms with Gasteiger partial charge in [-0.05, 0) is 37.0 Å². The van der Waals surface area contributed by atoms with Gasteiger partial charge in [-0.3, -0.25) is 4.99 Å². The Balaban J connectivity index is 0.00000784. The summed E-state index contributed by atoms with van der Waals surface area (Å²) in [4.78, 5) is 16.0. The topological polar surface area (TPSA) is 93.2 Å². The smallest absolute Gasteiger partial charge is 0.407 e. The van der Waals surface area contributed by atoms with E-state index in [0.29, 0.717) is 43.1 Å². The molecule has 0 heterocycles. The number of benzene rings is 1. The normalized spacial score (nSPS) is 11.9. The van der Waals surface area contributed by atoms with Gasteiger partial charge in [0.1, 0.15) is 0 Å². The molecule has 0 aliphatic carbocycles. The number of amides is 1. The average molecular weight is 522 g/mol. The number of alkyl carbamates (subject to hydrolysis) is 1. The highest BCUT2D eigenvalue weighted by molar-refractivity contribution is 14.0. The Hall–Kier alpha value is -1.91. The fraction of sp³-hybridized carbons (Fsp3) is 0.600. The summed E-state index contributed by atoms with van der Waals surface area (Å²) in [6.07, 6.45) is 0.432. The maximum absolute atomic E-state index is 11.7. The van der Waals surface area contributed by atoms with Crippen molar-refractivity contribution in [1.82, 2.24) is 16.0 Å². The molecule has 0 aliphatic rings. The summed E-state index contributed by atoms with van der Waals surface area (Å²) in [6.45, 7) is 7.48. The van der Waals surface area contributed by atoms with E-state index in [4.69, 9.17) is 14.2 Å². The second kappa shape index (κ2) is 15.0. The lowest BCUT2D eigenvalue weighted by Crippen LogP contribution is -2.47. The summed E-state index contributed by atoms with van der Waals surface area (Å²) >= 11 is 0. The molecule has 29 heavy (non-hydrogen) atoms. The van der Waals surface area contributed by atoms with E-state index in [9.17, 15) is 4.79 Å². The first-order valence-electron chi connectivity index (χ1n) is 9.52. The third-order valence-electron chi connectivity index (χ3n) is 4.00. The molecule has 1 amide bonds. The number of aliphatic imine (C=N–C) groups is 1. The Labute approximate surface area is 191 Å². The molecule has 0 spiro atoms. The number of nitrogens with zero attached hydrogens (tertiary/aromatic N) is 1. The molecule has 1 atom stereocenters. The molecular weight excluding hydrogens is 487 g/mol. The van der Waals surface area contributed by atoms with Crippen molar-refractivity contribution < 1.29 is 19.0 Å². The molecule has 0 fully saturated rings. The van der Waals surface area contributed by atoms with Crippen LogP contribution in [-0.4, -0.2) is 52.5 Å². The van der Waals surface area contributed by atoms with Crippen molar-refractivity contribution >= 4 is 36.0 Å². The van der Waals surface area contributed by atoms with E-state index in [-0.39, 0.29) is 30.0 Å². The number of nitrogens with one attached hydrogen (secondary N) is 3. The maximum Gasteiger partial charge on any atom is 0.407 e. The van der Waals surface area contributed by atoms with E-state index < -0.39 is 6.09 Å². The average Bonchev–Trinajstić information content (AvgIpc) is 2.67. The van der Waals surface area contributed by atoms with Crippen LogP contribution in [0.4, 0.5) is 4.79 Å². The second-order valence-electron chi connectivity index (χ2n) is 6.69. The third-order valence-corrected chi connectivity index (χ3v) is 4.00. The van der Waals surface area contributed by atoms with Gasteiger partial charge in [0.15, 0.2) is 17.5 Å². The Morgan fingerprint density at radius 2 is 1.83 bits per heavy atom. The minimum absolute atomic E-state index is 0. The van der Waals surface area contributed by atoms with Gasteiger partial charge in [-0.2, -0.15) is 0 Å². The first kappa shape index (κ1) is 27.1. The molecule has 1 rings (SSSR count).